The molecule has 0 unspecified atom stereocenters. The standard InChI is InChI=1S/C15H11FN2O/c16-12-7-3-1-5-10(12)15-11-6-2-4-8-13(11)17-9-14(19)18-15/h1-8,17H,9H2. The molecular weight excluding hydrogens is 243 g/mol. The lowest BCUT2D eigenvalue weighted by atomic mass is 10.0. The number of hydrogen-bond acceptors (Lipinski definition) is 2. The Bertz CT molecular complexity index is 679. The molecule has 3 nitrogen and oxygen atoms in total. The maximum absolute atomic E-state index is 13.9. The molecule has 2 aromatic carbocycles. The van der Waals surface area contributed by atoms with Crippen molar-refractivity contribution in [1.29, 1.82) is 0 Å². The Morgan fingerprint density at radius 2 is 1.68 bits per heavy atom. The molecule has 0 bridgehead atoms. The van der Waals surface area contributed by atoms with Gasteiger partial charge in [0.25, 0.3) is 5.91 Å². The molecular formula is C15H11FN2O. The molecule has 0 atom stereocenters. The molecule has 2 aromatic rings. The zero-order valence-electron chi connectivity index (χ0n) is 10.1. The molecule has 0 fully saturated rings. The summed E-state index contributed by atoms with van der Waals surface area (Å²) in [7, 11) is 0. The monoisotopic (exact) mass is 254 g/mol. The van der Waals surface area contributed by atoms with Gasteiger partial charge in [-0.05, 0) is 18.2 Å². The summed E-state index contributed by atoms with van der Waals surface area (Å²) >= 11 is 0. The van der Waals surface area contributed by atoms with Crippen LogP contribution in [0.25, 0.3) is 0 Å². The highest BCUT2D eigenvalue weighted by molar-refractivity contribution is 6.20. The molecule has 0 saturated carbocycles. The van der Waals surface area contributed by atoms with Gasteiger partial charge in [0.05, 0.1) is 12.3 Å². The third-order valence-corrected chi connectivity index (χ3v) is 2.98. The average molecular weight is 254 g/mol. The number of hydrogen-bond donors (Lipinski definition) is 1. The molecule has 0 radical (unpaired) electrons. The van der Waals surface area contributed by atoms with Crippen molar-refractivity contribution in [2.24, 2.45) is 4.99 Å². The van der Waals surface area contributed by atoms with Gasteiger partial charge in [0.15, 0.2) is 0 Å². The smallest absolute Gasteiger partial charge is 0.265 e. The fourth-order valence-electron chi connectivity index (χ4n) is 2.10. The molecule has 1 amide bonds. The summed E-state index contributed by atoms with van der Waals surface area (Å²) in [5, 5.41) is 3.01. The van der Waals surface area contributed by atoms with Gasteiger partial charge in [-0.3, -0.25) is 4.79 Å². The van der Waals surface area contributed by atoms with Crippen LogP contribution in [0.5, 0.6) is 0 Å². The summed E-state index contributed by atoms with van der Waals surface area (Å²) < 4.78 is 13.9. The largest absolute Gasteiger partial charge is 0.376 e. The lowest BCUT2D eigenvalue weighted by Crippen LogP contribution is -2.09. The number of carbonyl (C=O) groups excluding carboxylic acids is 1. The van der Waals surface area contributed by atoms with E-state index in [1.165, 1.54) is 6.07 Å². The minimum absolute atomic E-state index is 0.120. The maximum atomic E-state index is 13.9. The lowest BCUT2D eigenvalue weighted by Gasteiger charge is -2.10. The summed E-state index contributed by atoms with van der Waals surface area (Å²) in [5.74, 6) is -0.694. The molecule has 1 N–H and O–H groups in total. The second-order valence-corrected chi connectivity index (χ2v) is 4.23. The van der Waals surface area contributed by atoms with Crippen LogP contribution in [-0.2, 0) is 4.79 Å². The van der Waals surface area contributed by atoms with Crippen molar-refractivity contribution < 1.29 is 9.18 Å². The Balaban J connectivity index is 2.23. The molecule has 1 aliphatic rings. The van der Waals surface area contributed by atoms with Gasteiger partial charge in [0.2, 0.25) is 0 Å². The van der Waals surface area contributed by atoms with Crippen molar-refractivity contribution in [2.45, 2.75) is 0 Å². The molecule has 94 valence electrons. The molecule has 1 aliphatic heterocycles. The zero-order valence-corrected chi connectivity index (χ0v) is 10.1. The first-order valence-corrected chi connectivity index (χ1v) is 5.95. The van der Waals surface area contributed by atoms with Gasteiger partial charge in [-0.25, -0.2) is 9.38 Å². The molecule has 1 heterocycles. The number of aliphatic imine (C=N–C) groups is 1. The van der Waals surface area contributed by atoms with Crippen LogP contribution in [0.1, 0.15) is 11.1 Å². The molecule has 19 heavy (non-hydrogen) atoms. The topological polar surface area (TPSA) is 41.5 Å². The number of nitrogens with zero attached hydrogens (tertiary/aromatic N) is 1. The van der Waals surface area contributed by atoms with Gasteiger partial charge >= 0.3 is 0 Å². The minimum atomic E-state index is -0.384. The predicted octanol–water partition coefficient (Wildman–Crippen LogP) is 2.62. The number of halogens is 1. The maximum Gasteiger partial charge on any atom is 0.265 e. The van der Waals surface area contributed by atoms with E-state index >= 15 is 0 Å². The number of rotatable bonds is 1. The second kappa shape index (κ2) is 4.65. The number of benzodiazepines with no additional fused rings is 1. The Morgan fingerprint density at radius 3 is 2.47 bits per heavy atom. The SMILES string of the molecule is O=C1CNc2ccccc2C(c2ccccc2F)=N1. The van der Waals surface area contributed by atoms with Crippen LogP contribution >= 0.6 is 0 Å². The number of amides is 1. The van der Waals surface area contributed by atoms with Gasteiger partial charge in [0, 0.05) is 16.8 Å². The Hall–Kier alpha value is -2.49. The molecule has 4 heteroatoms. The van der Waals surface area contributed by atoms with Crippen LogP contribution in [0.3, 0.4) is 0 Å². The molecule has 0 saturated heterocycles. The number of anilines is 1. The third-order valence-electron chi connectivity index (χ3n) is 2.98. The summed E-state index contributed by atoms with van der Waals surface area (Å²) in [6, 6.07) is 13.7. The number of para-hydroxylation sites is 1. The lowest BCUT2D eigenvalue weighted by molar-refractivity contribution is -0.116. The van der Waals surface area contributed by atoms with Crippen molar-refractivity contribution in [3.8, 4) is 0 Å². The van der Waals surface area contributed by atoms with Crippen LogP contribution in [0, 0.1) is 5.82 Å². The van der Waals surface area contributed by atoms with E-state index in [4.69, 9.17) is 0 Å². The van der Waals surface area contributed by atoms with E-state index in [1.54, 1.807) is 18.2 Å². The van der Waals surface area contributed by atoms with Crippen LogP contribution in [0.2, 0.25) is 0 Å². The molecule has 0 aliphatic carbocycles. The van der Waals surface area contributed by atoms with Gasteiger partial charge in [-0.15, -0.1) is 0 Å². The fraction of sp³-hybridized carbons (Fsp3) is 0.0667. The van der Waals surface area contributed by atoms with Gasteiger partial charge < -0.3 is 5.32 Å². The van der Waals surface area contributed by atoms with E-state index in [0.717, 1.165) is 11.3 Å². The molecule has 3 rings (SSSR count). The van der Waals surface area contributed by atoms with Gasteiger partial charge in [-0.2, -0.15) is 0 Å². The normalized spacial score (nSPS) is 14.2. The zero-order chi connectivity index (χ0) is 13.2. The van der Waals surface area contributed by atoms with Crippen molar-refractivity contribution in [3.05, 3.63) is 65.5 Å². The first-order valence-electron chi connectivity index (χ1n) is 5.95. The quantitative estimate of drug-likeness (QED) is 0.850. The van der Waals surface area contributed by atoms with E-state index in [0.29, 0.717) is 11.3 Å². The van der Waals surface area contributed by atoms with E-state index < -0.39 is 0 Å². The summed E-state index contributed by atoms with van der Waals surface area (Å²) in [5.41, 5.74) is 2.24. The van der Waals surface area contributed by atoms with Crippen LogP contribution in [0.15, 0.2) is 53.5 Å². The number of fused-ring (bicyclic) bond motifs is 1. The first-order chi connectivity index (χ1) is 9.25. The van der Waals surface area contributed by atoms with Crippen LogP contribution in [0.4, 0.5) is 10.1 Å². The number of carbonyl (C=O) groups is 1. The van der Waals surface area contributed by atoms with Crippen molar-refractivity contribution in [3.63, 3.8) is 0 Å². The third kappa shape index (κ3) is 2.12. The van der Waals surface area contributed by atoms with Gasteiger partial charge in [0.1, 0.15) is 5.82 Å². The highest BCUT2D eigenvalue weighted by Gasteiger charge is 2.19. The van der Waals surface area contributed by atoms with Crippen molar-refractivity contribution in [1.82, 2.24) is 0 Å². The summed E-state index contributed by atoms with van der Waals surface area (Å²) in [6.07, 6.45) is 0. The van der Waals surface area contributed by atoms with Crippen molar-refractivity contribution in [2.75, 3.05) is 11.9 Å². The van der Waals surface area contributed by atoms with E-state index in [-0.39, 0.29) is 18.3 Å². The van der Waals surface area contributed by atoms with E-state index in [2.05, 4.69) is 10.3 Å². The highest BCUT2D eigenvalue weighted by Crippen LogP contribution is 2.23. The van der Waals surface area contributed by atoms with Gasteiger partial charge in [-0.1, -0.05) is 30.3 Å². The Labute approximate surface area is 109 Å². The van der Waals surface area contributed by atoms with Crippen LogP contribution < -0.4 is 5.32 Å². The number of nitrogens with one attached hydrogen (secondary N) is 1. The molecule has 0 spiro atoms. The highest BCUT2D eigenvalue weighted by atomic mass is 19.1. The van der Waals surface area contributed by atoms with E-state index in [9.17, 15) is 9.18 Å². The Kier molecular flexibility index (Phi) is 2.83. The summed E-state index contributed by atoms with van der Waals surface area (Å²) in [4.78, 5) is 15.7. The minimum Gasteiger partial charge on any atom is -0.376 e. The fourth-order valence-corrected chi connectivity index (χ4v) is 2.10. The summed E-state index contributed by atoms with van der Waals surface area (Å²) in [6.45, 7) is 0.120. The number of benzene rings is 2. The predicted molar refractivity (Wildman–Crippen MR) is 72.0 cm³/mol. The average Bonchev–Trinajstić information content (AvgIpc) is 2.59. The first kappa shape index (κ1) is 11.6. The second-order valence-electron chi connectivity index (χ2n) is 4.23. The molecule has 0 aromatic heterocycles. The Morgan fingerprint density at radius 1 is 1.00 bits per heavy atom. The van der Waals surface area contributed by atoms with Crippen LogP contribution in [-0.4, -0.2) is 18.2 Å². The van der Waals surface area contributed by atoms with E-state index in [1.807, 2.05) is 24.3 Å². The van der Waals surface area contributed by atoms with Crippen molar-refractivity contribution >= 4 is 17.3 Å².